The van der Waals surface area contributed by atoms with Crippen molar-refractivity contribution in [1.29, 1.82) is 0 Å². The Morgan fingerprint density at radius 2 is 2.09 bits per heavy atom. The van der Waals surface area contributed by atoms with Crippen LogP contribution in [0.15, 0.2) is 50.6 Å². The van der Waals surface area contributed by atoms with Crippen LogP contribution in [-0.2, 0) is 6.54 Å². The number of H-pyrrole nitrogens is 1. The van der Waals surface area contributed by atoms with Gasteiger partial charge in [-0.15, -0.1) is 0 Å². The van der Waals surface area contributed by atoms with Crippen molar-refractivity contribution in [2.24, 2.45) is 0 Å². The Morgan fingerprint density at radius 3 is 2.82 bits per heavy atom. The maximum atomic E-state index is 11.5. The largest absolute Gasteiger partial charge is 0.328 e. The van der Waals surface area contributed by atoms with Crippen molar-refractivity contribution < 1.29 is 0 Å². The molecule has 0 aliphatic carbocycles. The van der Waals surface area contributed by atoms with E-state index in [2.05, 4.69) is 38.6 Å². The Bertz CT molecular complexity index is 729. The molecule has 1 unspecified atom stereocenters. The van der Waals surface area contributed by atoms with Crippen molar-refractivity contribution in [3.8, 4) is 0 Å². The first-order valence-electron chi connectivity index (χ1n) is 6.99. The summed E-state index contributed by atoms with van der Waals surface area (Å²) in [4.78, 5) is 24.7. The summed E-state index contributed by atoms with van der Waals surface area (Å²) in [6.45, 7) is 2.70. The summed E-state index contributed by atoms with van der Waals surface area (Å²) in [6.07, 6.45) is 2.37. The van der Waals surface area contributed by atoms with Gasteiger partial charge in [-0.05, 0) is 25.0 Å². The molecule has 0 aliphatic rings. The van der Waals surface area contributed by atoms with Gasteiger partial charge in [-0.2, -0.15) is 0 Å². The summed E-state index contributed by atoms with van der Waals surface area (Å²) < 4.78 is 6.00. The van der Waals surface area contributed by atoms with E-state index in [1.54, 1.807) is 11.9 Å². The number of rotatable bonds is 7. The number of aromatic amines is 1. The van der Waals surface area contributed by atoms with Crippen LogP contribution in [0.3, 0.4) is 0 Å². The standard InChI is InChI=1S/C15H18BrN3O2S/c1-11(12-5-2-3-6-13(12)16)18-22-10-4-8-19-9-7-14(20)17-15(19)21/h2-3,5-7,9,11,18H,4,8,10H2,1H3,(H,17,20,21). The average Bonchev–Trinajstić information content (AvgIpc) is 2.49. The molecule has 7 heteroatoms. The van der Waals surface area contributed by atoms with Crippen molar-refractivity contribution in [1.82, 2.24) is 14.3 Å². The summed E-state index contributed by atoms with van der Waals surface area (Å²) >= 11 is 5.18. The molecule has 0 spiro atoms. The number of aryl methyl sites for hydroxylation is 1. The van der Waals surface area contributed by atoms with Gasteiger partial charge in [-0.25, -0.2) is 4.79 Å². The maximum Gasteiger partial charge on any atom is 0.328 e. The minimum atomic E-state index is -0.362. The van der Waals surface area contributed by atoms with Crippen molar-refractivity contribution >= 4 is 27.9 Å². The second kappa shape index (κ2) is 8.36. The molecule has 1 atom stereocenters. The second-order valence-corrected chi connectivity index (χ2v) is 6.65. The van der Waals surface area contributed by atoms with Crippen LogP contribution in [0.4, 0.5) is 0 Å². The average molecular weight is 384 g/mol. The van der Waals surface area contributed by atoms with Gasteiger partial charge >= 0.3 is 5.69 Å². The lowest BCUT2D eigenvalue weighted by atomic mass is 10.1. The molecule has 22 heavy (non-hydrogen) atoms. The van der Waals surface area contributed by atoms with Gasteiger partial charge in [0.2, 0.25) is 0 Å². The Balaban J connectivity index is 1.74. The fourth-order valence-corrected chi connectivity index (χ4v) is 3.40. The summed E-state index contributed by atoms with van der Waals surface area (Å²) in [5, 5.41) is 0. The molecule has 0 amide bonds. The molecule has 118 valence electrons. The lowest BCUT2D eigenvalue weighted by Gasteiger charge is -2.15. The highest BCUT2D eigenvalue weighted by molar-refractivity contribution is 9.10. The molecular formula is C15H18BrN3O2S. The van der Waals surface area contributed by atoms with Crippen LogP contribution in [0.5, 0.6) is 0 Å². The molecule has 1 aromatic heterocycles. The van der Waals surface area contributed by atoms with Crippen molar-refractivity contribution in [2.75, 3.05) is 5.75 Å². The molecule has 2 rings (SSSR count). The van der Waals surface area contributed by atoms with Crippen molar-refractivity contribution in [2.45, 2.75) is 25.9 Å². The SMILES string of the molecule is CC(NSCCCn1ccc(=O)[nH]c1=O)c1ccccc1Br. The number of aromatic nitrogens is 2. The van der Waals surface area contributed by atoms with E-state index in [9.17, 15) is 9.59 Å². The predicted octanol–water partition coefficient (Wildman–Crippen LogP) is 2.69. The van der Waals surface area contributed by atoms with Crippen LogP contribution in [0.1, 0.15) is 24.9 Å². The minimum Gasteiger partial charge on any atom is -0.301 e. The monoisotopic (exact) mass is 383 g/mol. The second-order valence-electron chi connectivity index (χ2n) is 4.87. The fraction of sp³-hybridized carbons (Fsp3) is 0.333. The van der Waals surface area contributed by atoms with E-state index in [1.165, 1.54) is 22.4 Å². The highest BCUT2D eigenvalue weighted by Gasteiger charge is 2.07. The van der Waals surface area contributed by atoms with E-state index in [0.29, 0.717) is 6.54 Å². The molecule has 0 fully saturated rings. The lowest BCUT2D eigenvalue weighted by Crippen LogP contribution is -2.28. The number of benzene rings is 1. The number of nitrogens with one attached hydrogen (secondary N) is 2. The molecule has 0 radical (unpaired) electrons. The topological polar surface area (TPSA) is 66.9 Å². The zero-order valence-electron chi connectivity index (χ0n) is 12.2. The fourth-order valence-electron chi connectivity index (χ4n) is 2.00. The van der Waals surface area contributed by atoms with Crippen LogP contribution >= 0.6 is 27.9 Å². The van der Waals surface area contributed by atoms with Crippen molar-refractivity contribution in [3.05, 3.63) is 67.4 Å². The predicted molar refractivity (Wildman–Crippen MR) is 94.1 cm³/mol. The third-order valence-corrected chi connectivity index (χ3v) is 4.91. The smallest absolute Gasteiger partial charge is 0.301 e. The molecule has 0 bridgehead atoms. The minimum absolute atomic E-state index is 0.233. The number of halogens is 1. The molecule has 1 aromatic carbocycles. The van der Waals surface area contributed by atoms with Gasteiger partial charge in [0.1, 0.15) is 0 Å². The normalized spacial score (nSPS) is 12.3. The van der Waals surface area contributed by atoms with Crippen LogP contribution in [0.25, 0.3) is 0 Å². The van der Waals surface area contributed by atoms with E-state index in [4.69, 9.17) is 0 Å². The summed E-state index contributed by atoms with van der Waals surface area (Å²) in [6, 6.07) is 9.72. The van der Waals surface area contributed by atoms with Gasteiger partial charge in [-0.1, -0.05) is 46.1 Å². The Labute approximate surface area is 141 Å². The van der Waals surface area contributed by atoms with Gasteiger partial charge in [0.25, 0.3) is 5.56 Å². The summed E-state index contributed by atoms with van der Waals surface area (Å²) in [5.74, 6) is 0.875. The van der Waals surface area contributed by atoms with Crippen LogP contribution in [-0.4, -0.2) is 15.3 Å². The van der Waals surface area contributed by atoms with E-state index >= 15 is 0 Å². The molecule has 2 aromatic rings. The van der Waals surface area contributed by atoms with Gasteiger partial charge in [0, 0.05) is 35.1 Å². The molecule has 5 nitrogen and oxygen atoms in total. The third kappa shape index (κ3) is 4.86. The Kier molecular flexibility index (Phi) is 6.48. The van der Waals surface area contributed by atoms with E-state index in [0.717, 1.165) is 16.6 Å². The van der Waals surface area contributed by atoms with E-state index < -0.39 is 0 Å². The van der Waals surface area contributed by atoms with Crippen molar-refractivity contribution in [3.63, 3.8) is 0 Å². The summed E-state index contributed by atoms with van der Waals surface area (Å²) in [5.41, 5.74) is 0.499. The first kappa shape index (κ1) is 17.1. The molecule has 2 N–H and O–H groups in total. The summed E-state index contributed by atoms with van der Waals surface area (Å²) in [7, 11) is 0. The zero-order chi connectivity index (χ0) is 15.9. The van der Waals surface area contributed by atoms with Crippen LogP contribution < -0.4 is 16.0 Å². The third-order valence-electron chi connectivity index (χ3n) is 3.17. The van der Waals surface area contributed by atoms with Gasteiger partial charge in [-0.3, -0.25) is 14.5 Å². The Hall–Kier alpha value is -1.31. The van der Waals surface area contributed by atoms with Crippen LogP contribution in [0.2, 0.25) is 0 Å². The zero-order valence-corrected chi connectivity index (χ0v) is 14.6. The van der Waals surface area contributed by atoms with Crippen LogP contribution in [0, 0.1) is 0 Å². The van der Waals surface area contributed by atoms with E-state index in [-0.39, 0.29) is 17.3 Å². The quantitative estimate of drug-likeness (QED) is 0.569. The van der Waals surface area contributed by atoms with Gasteiger partial charge in [0.15, 0.2) is 0 Å². The molecule has 0 saturated carbocycles. The van der Waals surface area contributed by atoms with Gasteiger partial charge in [0.05, 0.1) is 0 Å². The first-order valence-corrected chi connectivity index (χ1v) is 8.77. The Morgan fingerprint density at radius 1 is 1.32 bits per heavy atom. The van der Waals surface area contributed by atoms with Gasteiger partial charge < -0.3 is 4.57 Å². The number of hydrogen-bond donors (Lipinski definition) is 2. The van der Waals surface area contributed by atoms with E-state index in [1.807, 2.05) is 18.2 Å². The highest BCUT2D eigenvalue weighted by Crippen LogP contribution is 2.24. The molecule has 0 saturated heterocycles. The molecule has 1 heterocycles. The maximum absolute atomic E-state index is 11.5. The number of nitrogens with zero attached hydrogens (tertiary/aromatic N) is 1. The molecular weight excluding hydrogens is 366 g/mol. The highest BCUT2D eigenvalue weighted by atomic mass is 79.9. The first-order chi connectivity index (χ1) is 10.6. The lowest BCUT2D eigenvalue weighted by molar-refractivity contribution is 0.634. The molecule has 0 aliphatic heterocycles. The number of hydrogen-bond acceptors (Lipinski definition) is 4.